The van der Waals surface area contributed by atoms with E-state index < -0.39 is 21.8 Å². The van der Waals surface area contributed by atoms with Crippen LogP contribution in [-0.4, -0.2) is 40.3 Å². The van der Waals surface area contributed by atoms with Gasteiger partial charge in [0.2, 0.25) is 10.0 Å². The third-order valence-corrected chi connectivity index (χ3v) is 6.54. The number of rotatable bonds is 6. The molecule has 0 spiro atoms. The topological polar surface area (TPSA) is 73.8 Å². The summed E-state index contributed by atoms with van der Waals surface area (Å²) in [6.07, 6.45) is -3.72. The number of fused-ring (bicyclic) bond motifs is 1. The highest BCUT2D eigenvalue weighted by Crippen LogP contribution is 2.30. The van der Waals surface area contributed by atoms with Gasteiger partial charge in [-0.1, -0.05) is 30.3 Å². The maximum atomic E-state index is 12.8. The van der Waals surface area contributed by atoms with Crippen LogP contribution in [0.5, 0.6) is 0 Å². The first-order chi connectivity index (χ1) is 14.2. The number of alkyl halides is 3. The molecule has 0 fully saturated rings. The molecule has 2 N–H and O–H groups in total. The van der Waals surface area contributed by atoms with Crippen molar-refractivity contribution in [3.05, 3.63) is 65.2 Å². The van der Waals surface area contributed by atoms with E-state index >= 15 is 0 Å². The van der Waals surface area contributed by atoms with E-state index in [-0.39, 0.29) is 18.8 Å². The maximum absolute atomic E-state index is 12.8. The number of benzene rings is 2. The molecule has 162 valence electrons. The van der Waals surface area contributed by atoms with E-state index in [1.807, 2.05) is 18.2 Å². The summed E-state index contributed by atoms with van der Waals surface area (Å²) in [4.78, 5) is 3.99. The maximum Gasteiger partial charge on any atom is 0.416 e. The Morgan fingerprint density at radius 2 is 1.90 bits per heavy atom. The Morgan fingerprint density at radius 3 is 2.63 bits per heavy atom. The highest BCUT2D eigenvalue weighted by molar-refractivity contribution is 7.92. The van der Waals surface area contributed by atoms with Crippen molar-refractivity contribution >= 4 is 21.7 Å². The first kappa shape index (κ1) is 21.9. The van der Waals surface area contributed by atoms with Crippen LogP contribution in [0, 0.1) is 0 Å². The third kappa shape index (κ3) is 5.24. The largest absolute Gasteiger partial charge is 0.416 e. The molecule has 0 saturated heterocycles. The first-order valence-electron chi connectivity index (χ1n) is 9.40. The molecule has 0 aromatic heterocycles. The summed E-state index contributed by atoms with van der Waals surface area (Å²) < 4.78 is 65.3. The summed E-state index contributed by atoms with van der Waals surface area (Å²) in [5.74, 6) is 0.176. The van der Waals surface area contributed by atoms with E-state index in [9.17, 15) is 21.6 Å². The molecule has 1 heterocycles. The fourth-order valence-electron chi connectivity index (χ4n) is 3.27. The summed E-state index contributed by atoms with van der Waals surface area (Å²) in [6, 6.07) is 12.4. The standard InChI is InChI=1S/C20H23F3N4O2S/c1-24-19(26-14-15-5-4-7-17(13-15)20(21,22)23)25-10-12-30(28,29)27-11-9-16-6-2-3-8-18(16)27/h2-8,13H,9-12,14H2,1H3,(H2,24,25,26). The smallest absolute Gasteiger partial charge is 0.355 e. The summed E-state index contributed by atoms with van der Waals surface area (Å²) in [5, 5.41) is 5.80. The number of hydrogen-bond acceptors (Lipinski definition) is 3. The monoisotopic (exact) mass is 440 g/mol. The molecule has 10 heteroatoms. The number of hydrogen-bond donors (Lipinski definition) is 2. The molecule has 6 nitrogen and oxygen atoms in total. The number of sulfonamides is 1. The molecule has 0 atom stereocenters. The molecule has 2 aromatic carbocycles. The highest BCUT2D eigenvalue weighted by atomic mass is 32.2. The van der Waals surface area contributed by atoms with Gasteiger partial charge in [0.15, 0.2) is 5.96 Å². The lowest BCUT2D eigenvalue weighted by atomic mass is 10.1. The van der Waals surface area contributed by atoms with Crippen molar-refractivity contribution in [1.29, 1.82) is 0 Å². The molecule has 0 unspecified atom stereocenters. The van der Waals surface area contributed by atoms with Crippen molar-refractivity contribution in [2.24, 2.45) is 4.99 Å². The Labute approximate surface area is 173 Å². The van der Waals surface area contributed by atoms with Crippen LogP contribution < -0.4 is 14.9 Å². The number of aliphatic imine (C=N–C) groups is 1. The number of para-hydroxylation sites is 1. The van der Waals surface area contributed by atoms with E-state index in [2.05, 4.69) is 15.6 Å². The summed E-state index contributed by atoms with van der Waals surface area (Å²) >= 11 is 0. The fourth-order valence-corrected chi connectivity index (χ4v) is 4.70. The van der Waals surface area contributed by atoms with Crippen molar-refractivity contribution in [2.75, 3.05) is 30.2 Å². The summed E-state index contributed by atoms with van der Waals surface area (Å²) in [5.41, 5.74) is 1.44. The number of guanidine groups is 1. The zero-order valence-electron chi connectivity index (χ0n) is 16.4. The lowest BCUT2D eigenvalue weighted by Crippen LogP contribution is -2.41. The van der Waals surface area contributed by atoms with E-state index in [1.165, 1.54) is 17.4 Å². The molecule has 1 aliphatic rings. The number of nitrogens with one attached hydrogen (secondary N) is 2. The molecular formula is C20H23F3N4O2S. The Hall–Kier alpha value is -2.75. The summed E-state index contributed by atoms with van der Waals surface area (Å²) in [6.45, 7) is 0.656. The van der Waals surface area contributed by atoms with E-state index in [0.29, 0.717) is 30.2 Å². The van der Waals surface area contributed by atoms with Gasteiger partial charge in [-0.2, -0.15) is 13.2 Å². The van der Waals surface area contributed by atoms with Gasteiger partial charge in [0.1, 0.15) is 0 Å². The zero-order chi connectivity index (χ0) is 21.8. The zero-order valence-corrected chi connectivity index (χ0v) is 17.2. The van der Waals surface area contributed by atoms with Gasteiger partial charge in [-0.25, -0.2) is 8.42 Å². The Kier molecular flexibility index (Phi) is 6.55. The lowest BCUT2D eigenvalue weighted by Gasteiger charge is -2.20. The van der Waals surface area contributed by atoms with Crippen LogP contribution in [0.15, 0.2) is 53.5 Å². The number of anilines is 1. The van der Waals surface area contributed by atoms with Gasteiger partial charge in [0.05, 0.1) is 17.0 Å². The van der Waals surface area contributed by atoms with Crippen molar-refractivity contribution in [1.82, 2.24) is 10.6 Å². The van der Waals surface area contributed by atoms with Crippen LogP contribution in [-0.2, 0) is 29.2 Å². The second-order valence-corrected chi connectivity index (χ2v) is 8.83. The van der Waals surface area contributed by atoms with Crippen LogP contribution in [0.1, 0.15) is 16.7 Å². The quantitative estimate of drug-likeness (QED) is 0.535. The predicted molar refractivity (Wildman–Crippen MR) is 111 cm³/mol. The van der Waals surface area contributed by atoms with Gasteiger partial charge in [0, 0.05) is 26.7 Å². The van der Waals surface area contributed by atoms with Gasteiger partial charge in [-0.15, -0.1) is 0 Å². The van der Waals surface area contributed by atoms with Crippen molar-refractivity contribution in [3.63, 3.8) is 0 Å². The van der Waals surface area contributed by atoms with Gasteiger partial charge in [-0.3, -0.25) is 9.30 Å². The molecule has 0 radical (unpaired) electrons. The minimum atomic E-state index is -4.40. The molecule has 0 amide bonds. The summed E-state index contributed by atoms with van der Waals surface area (Å²) in [7, 11) is -2.00. The molecule has 1 aliphatic heterocycles. The van der Waals surface area contributed by atoms with Crippen molar-refractivity contribution < 1.29 is 21.6 Å². The lowest BCUT2D eigenvalue weighted by molar-refractivity contribution is -0.137. The van der Waals surface area contributed by atoms with Crippen LogP contribution in [0.25, 0.3) is 0 Å². The first-order valence-corrected chi connectivity index (χ1v) is 11.0. The average molecular weight is 440 g/mol. The second-order valence-electron chi connectivity index (χ2n) is 6.82. The highest BCUT2D eigenvalue weighted by Gasteiger charge is 2.30. The van der Waals surface area contributed by atoms with Gasteiger partial charge < -0.3 is 10.6 Å². The number of nitrogens with zero attached hydrogens (tertiary/aromatic N) is 2. The fraction of sp³-hybridized carbons (Fsp3) is 0.350. The normalized spacial score (nSPS) is 14.5. The molecule has 0 bridgehead atoms. The van der Waals surface area contributed by atoms with Crippen molar-refractivity contribution in [2.45, 2.75) is 19.1 Å². The minimum absolute atomic E-state index is 0.114. The molecular weight excluding hydrogens is 417 g/mol. The van der Waals surface area contributed by atoms with Gasteiger partial charge in [-0.05, 0) is 35.7 Å². The number of halogens is 3. The van der Waals surface area contributed by atoms with E-state index in [1.54, 1.807) is 12.1 Å². The molecule has 0 saturated carbocycles. The molecule has 0 aliphatic carbocycles. The average Bonchev–Trinajstić information content (AvgIpc) is 3.15. The molecule has 30 heavy (non-hydrogen) atoms. The van der Waals surface area contributed by atoms with Crippen LogP contribution in [0.4, 0.5) is 18.9 Å². The Bertz CT molecular complexity index is 1020. The van der Waals surface area contributed by atoms with E-state index in [0.717, 1.165) is 17.7 Å². The Morgan fingerprint density at radius 1 is 1.13 bits per heavy atom. The van der Waals surface area contributed by atoms with Gasteiger partial charge in [0.25, 0.3) is 0 Å². The molecule has 3 rings (SSSR count). The van der Waals surface area contributed by atoms with Crippen LogP contribution >= 0.6 is 0 Å². The SMILES string of the molecule is CN=C(NCCS(=O)(=O)N1CCc2ccccc21)NCc1cccc(C(F)(F)F)c1. The second kappa shape index (κ2) is 8.95. The van der Waals surface area contributed by atoms with Crippen molar-refractivity contribution in [3.8, 4) is 0 Å². The molecule has 2 aromatic rings. The van der Waals surface area contributed by atoms with Crippen LogP contribution in [0.2, 0.25) is 0 Å². The van der Waals surface area contributed by atoms with Gasteiger partial charge >= 0.3 is 6.18 Å². The predicted octanol–water partition coefficient (Wildman–Crippen LogP) is 2.76. The minimum Gasteiger partial charge on any atom is -0.355 e. The van der Waals surface area contributed by atoms with Crippen LogP contribution in [0.3, 0.4) is 0 Å². The van der Waals surface area contributed by atoms with E-state index in [4.69, 9.17) is 0 Å². The third-order valence-electron chi connectivity index (χ3n) is 4.77. The Balaban J connectivity index is 1.53.